The van der Waals surface area contributed by atoms with Gasteiger partial charge in [0.2, 0.25) is 0 Å². The van der Waals surface area contributed by atoms with E-state index in [1.165, 1.54) is 5.56 Å². The first kappa shape index (κ1) is 24.8. The topological polar surface area (TPSA) is 79.9 Å². The van der Waals surface area contributed by atoms with Crippen molar-refractivity contribution in [1.29, 1.82) is 0 Å². The number of ether oxygens (including phenoxy) is 2. The number of nitrogens with zero attached hydrogens (tertiary/aromatic N) is 1. The Labute approximate surface area is 200 Å². The van der Waals surface area contributed by atoms with Gasteiger partial charge in [0.15, 0.2) is 6.61 Å². The van der Waals surface area contributed by atoms with Crippen LogP contribution in [-0.4, -0.2) is 50.6 Å². The predicted molar refractivity (Wildman–Crippen MR) is 133 cm³/mol. The molecule has 0 saturated carbocycles. The van der Waals surface area contributed by atoms with Crippen LogP contribution in [0.3, 0.4) is 0 Å². The number of nitrogens with one attached hydrogen (secondary N) is 2. The maximum atomic E-state index is 12.4. The first-order valence-electron chi connectivity index (χ1n) is 11.2. The van der Waals surface area contributed by atoms with Gasteiger partial charge in [-0.05, 0) is 62.0 Å². The molecule has 0 atom stereocenters. The summed E-state index contributed by atoms with van der Waals surface area (Å²) in [5.74, 6) is 0.756. The molecule has 2 amide bonds. The Morgan fingerprint density at radius 2 is 1.68 bits per heavy atom. The Balaban J connectivity index is 1.35. The third kappa shape index (κ3) is 8.26. The SMILES string of the molecule is COc1cccc(NC(=O)COc2ccc(C(=O)NCCCN(C)Cc3ccccc3)cc2)c1. The highest BCUT2D eigenvalue weighted by molar-refractivity contribution is 5.94. The minimum absolute atomic E-state index is 0.131. The lowest BCUT2D eigenvalue weighted by molar-refractivity contribution is -0.118. The average molecular weight is 462 g/mol. The molecular weight excluding hydrogens is 430 g/mol. The van der Waals surface area contributed by atoms with Gasteiger partial charge in [0, 0.05) is 30.4 Å². The maximum Gasteiger partial charge on any atom is 0.262 e. The molecule has 3 aromatic carbocycles. The molecule has 0 unspecified atom stereocenters. The normalized spacial score (nSPS) is 10.6. The molecule has 0 aliphatic carbocycles. The summed E-state index contributed by atoms with van der Waals surface area (Å²) in [5, 5.41) is 5.70. The molecule has 7 nitrogen and oxygen atoms in total. The summed E-state index contributed by atoms with van der Waals surface area (Å²) in [5.41, 5.74) is 2.45. The minimum Gasteiger partial charge on any atom is -0.497 e. The van der Waals surface area contributed by atoms with Crippen LogP contribution in [0, 0.1) is 0 Å². The van der Waals surface area contributed by atoms with Crippen molar-refractivity contribution in [3.05, 3.63) is 90.0 Å². The number of methoxy groups -OCH3 is 1. The second-order valence-corrected chi connectivity index (χ2v) is 7.93. The molecule has 0 heterocycles. The van der Waals surface area contributed by atoms with Crippen LogP contribution in [0.1, 0.15) is 22.3 Å². The first-order chi connectivity index (χ1) is 16.5. The fraction of sp³-hybridized carbons (Fsp3) is 0.259. The number of hydrogen-bond acceptors (Lipinski definition) is 5. The molecule has 0 spiro atoms. The second-order valence-electron chi connectivity index (χ2n) is 7.93. The van der Waals surface area contributed by atoms with Crippen molar-refractivity contribution < 1.29 is 19.1 Å². The van der Waals surface area contributed by atoms with Gasteiger partial charge in [-0.3, -0.25) is 9.59 Å². The minimum atomic E-state index is -0.285. The van der Waals surface area contributed by atoms with E-state index in [1.807, 2.05) is 18.2 Å². The Hall–Kier alpha value is -3.84. The van der Waals surface area contributed by atoms with Crippen LogP contribution in [0.25, 0.3) is 0 Å². The van der Waals surface area contributed by atoms with Crippen molar-refractivity contribution in [2.45, 2.75) is 13.0 Å². The van der Waals surface area contributed by atoms with Crippen LogP contribution >= 0.6 is 0 Å². The number of amides is 2. The lowest BCUT2D eigenvalue weighted by atomic mass is 10.2. The van der Waals surface area contributed by atoms with Crippen LogP contribution in [0.5, 0.6) is 11.5 Å². The second kappa shape index (κ2) is 13.0. The van der Waals surface area contributed by atoms with E-state index in [-0.39, 0.29) is 18.4 Å². The fourth-order valence-electron chi connectivity index (χ4n) is 3.38. The van der Waals surface area contributed by atoms with Crippen molar-refractivity contribution >= 4 is 17.5 Å². The standard InChI is InChI=1S/C27H31N3O4/c1-30(19-21-8-4-3-5-9-21)17-7-16-28-27(32)22-12-14-24(15-13-22)34-20-26(31)29-23-10-6-11-25(18-23)33-2/h3-6,8-15,18H,7,16-17,19-20H2,1-2H3,(H,28,32)(H,29,31). The first-order valence-corrected chi connectivity index (χ1v) is 11.2. The molecule has 0 radical (unpaired) electrons. The number of carbonyl (C=O) groups excluding carboxylic acids is 2. The summed E-state index contributed by atoms with van der Waals surface area (Å²) in [6.45, 7) is 2.23. The molecule has 2 N–H and O–H groups in total. The summed E-state index contributed by atoms with van der Waals surface area (Å²) in [6.07, 6.45) is 0.860. The quantitative estimate of drug-likeness (QED) is 0.399. The van der Waals surface area contributed by atoms with E-state index in [9.17, 15) is 9.59 Å². The van der Waals surface area contributed by atoms with Crippen LogP contribution in [0.15, 0.2) is 78.9 Å². The Bertz CT molecular complexity index is 1050. The van der Waals surface area contributed by atoms with Crippen LogP contribution in [-0.2, 0) is 11.3 Å². The third-order valence-corrected chi connectivity index (χ3v) is 5.14. The highest BCUT2D eigenvalue weighted by atomic mass is 16.5. The maximum absolute atomic E-state index is 12.4. The van der Waals surface area contributed by atoms with E-state index in [0.29, 0.717) is 29.3 Å². The van der Waals surface area contributed by atoms with Crippen LogP contribution < -0.4 is 20.1 Å². The van der Waals surface area contributed by atoms with Crippen molar-refractivity contribution in [2.75, 3.05) is 39.2 Å². The lowest BCUT2D eigenvalue weighted by Crippen LogP contribution is -2.28. The van der Waals surface area contributed by atoms with Gasteiger partial charge in [-0.1, -0.05) is 36.4 Å². The summed E-state index contributed by atoms with van der Waals surface area (Å²) in [4.78, 5) is 26.7. The van der Waals surface area contributed by atoms with E-state index in [0.717, 1.165) is 19.5 Å². The zero-order valence-corrected chi connectivity index (χ0v) is 19.6. The van der Waals surface area contributed by atoms with Crippen molar-refractivity contribution in [3.63, 3.8) is 0 Å². The fourth-order valence-corrected chi connectivity index (χ4v) is 3.38. The molecule has 178 valence electrons. The van der Waals surface area contributed by atoms with E-state index >= 15 is 0 Å². The smallest absolute Gasteiger partial charge is 0.262 e. The lowest BCUT2D eigenvalue weighted by Gasteiger charge is -2.16. The molecule has 0 fully saturated rings. The van der Waals surface area contributed by atoms with Gasteiger partial charge in [0.1, 0.15) is 11.5 Å². The zero-order valence-electron chi connectivity index (χ0n) is 19.6. The summed E-state index contributed by atoms with van der Waals surface area (Å²) < 4.78 is 10.7. The predicted octanol–water partition coefficient (Wildman–Crippen LogP) is 3.96. The zero-order chi connectivity index (χ0) is 24.2. The molecule has 34 heavy (non-hydrogen) atoms. The monoisotopic (exact) mass is 461 g/mol. The van der Waals surface area contributed by atoms with Gasteiger partial charge >= 0.3 is 0 Å². The van der Waals surface area contributed by atoms with Gasteiger partial charge in [0.25, 0.3) is 11.8 Å². The van der Waals surface area contributed by atoms with Crippen LogP contribution in [0.2, 0.25) is 0 Å². The highest BCUT2D eigenvalue weighted by Gasteiger charge is 2.08. The number of benzene rings is 3. The molecule has 0 saturated heterocycles. The number of anilines is 1. The number of hydrogen-bond donors (Lipinski definition) is 2. The van der Waals surface area contributed by atoms with E-state index in [1.54, 1.807) is 55.6 Å². The van der Waals surface area contributed by atoms with Gasteiger partial charge in [-0.2, -0.15) is 0 Å². The van der Waals surface area contributed by atoms with Gasteiger partial charge in [0.05, 0.1) is 7.11 Å². The van der Waals surface area contributed by atoms with E-state index < -0.39 is 0 Å². The van der Waals surface area contributed by atoms with Crippen molar-refractivity contribution in [3.8, 4) is 11.5 Å². The molecule has 0 aromatic heterocycles. The molecular formula is C27H31N3O4. The van der Waals surface area contributed by atoms with Crippen LogP contribution in [0.4, 0.5) is 5.69 Å². The van der Waals surface area contributed by atoms with Gasteiger partial charge < -0.3 is 25.0 Å². The van der Waals surface area contributed by atoms with Gasteiger partial charge in [-0.15, -0.1) is 0 Å². The van der Waals surface area contributed by atoms with Crippen molar-refractivity contribution in [2.24, 2.45) is 0 Å². The number of rotatable bonds is 12. The van der Waals surface area contributed by atoms with Crippen molar-refractivity contribution in [1.82, 2.24) is 10.2 Å². The summed E-state index contributed by atoms with van der Waals surface area (Å²) in [6, 6.07) is 24.1. The molecule has 7 heteroatoms. The van der Waals surface area contributed by atoms with Gasteiger partial charge in [-0.25, -0.2) is 0 Å². The largest absolute Gasteiger partial charge is 0.497 e. The molecule has 3 aromatic rings. The highest BCUT2D eigenvalue weighted by Crippen LogP contribution is 2.17. The average Bonchev–Trinajstić information content (AvgIpc) is 2.86. The molecule has 0 bridgehead atoms. The van der Waals surface area contributed by atoms with E-state index in [4.69, 9.17) is 9.47 Å². The molecule has 0 aliphatic rings. The number of carbonyl (C=O) groups is 2. The summed E-state index contributed by atoms with van der Waals surface area (Å²) in [7, 11) is 3.64. The molecule has 0 aliphatic heterocycles. The third-order valence-electron chi connectivity index (χ3n) is 5.14. The molecule has 3 rings (SSSR count). The Morgan fingerprint density at radius 1 is 0.912 bits per heavy atom. The Morgan fingerprint density at radius 3 is 2.41 bits per heavy atom. The summed E-state index contributed by atoms with van der Waals surface area (Å²) >= 11 is 0. The Kier molecular flexibility index (Phi) is 9.49. The van der Waals surface area contributed by atoms with E-state index in [2.05, 4.69) is 34.7 Å².